The van der Waals surface area contributed by atoms with E-state index in [9.17, 15) is 19.5 Å². The van der Waals surface area contributed by atoms with Crippen molar-refractivity contribution in [1.82, 2.24) is 20.6 Å². The molecule has 0 saturated heterocycles. The molecule has 4 aromatic rings. The van der Waals surface area contributed by atoms with E-state index in [4.69, 9.17) is 4.74 Å². The predicted octanol–water partition coefficient (Wildman–Crippen LogP) is 7.45. The zero-order chi connectivity index (χ0) is 34.7. The number of carbonyl (C=O) groups is 3. The smallest absolute Gasteiger partial charge is 0.325 e. The molecule has 4 rings (SSSR count). The Kier molecular flexibility index (Phi) is 12.9. The Labute approximate surface area is 287 Å². The van der Waals surface area contributed by atoms with Crippen LogP contribution in [0.4, 0.5) is 0 Å². The van der Waals surface area contributed by atoms with E-state index < -0.39 is 24.0 Å². The van der Waals surface area contributed by atoms with E-state index in [0.29, 0.717) is 10.7 Å². The van der Waals surface area contributed by atoms with Gasteiger partial charge >= 0.3 is 5.97 Å². The Morgan fingerprint density at radius 1 is 0.833 bits per heavy atom. The molecular weight excluding hydrogens is 625 g/mol. The van der Waals surface area contributed by atoms with Gasteiger partial charge in [-0.25, -0.2) is 9.97 Å². The van der Waals surface area contributed by atoms with Crippen LogP contribution in [0.15, 0.2) is 73.1 Å². The summed E-state index contributed by atoms with van der Waals surface area (Å²) >= 11 is 1.37. The van der Waals surface area contributed by atoms with Crippen LogP contribution in [0.5, 0.6) is 5.75 Å². The molecule has 2 aromatic heterocycles. The molecule has 0 radical (unpaired) electrons. The number of hydrogen-bond donors (Lipinski definition) is 3. The number of aliphatic carboxylic acids is 1. The average molecular weight is 671 g/mol. The molecule has 0 aliphatic carbocycles. The van der Waals surface area contributed by atoms with Crippen LogP contribution < -0.4 is 15.4 Å². The SMILES string of the molecule is CCCCCCCOc1ccc(-c2cnc(-c3ccc(C[C@@H](NC(=O)c4ccc(C(C)(C)C)s4)C(=O)N[C@H](C)C(=O)O)cc3)nc2)cc1. The molecule has 3 N–H and O–H groups in total. The monoisotopic (exact) mass is 670 g/mol. The summed E-state index contributed by atoms with van der Waals surface area (Å²) in [6.07, 6.45) is 9.75. The first-order chi connectivity index (χ1) is 22.9. The van der Waals surface area contributed by atoms with Crippen LogP contribution in [-0.4, -0.2) is 51.5 Å². The van der Waals surface area contributed by atoms with Gasteiger partial charge in [0, 0.05) is 34.8 Å². The number of ether oxygens (including phenoxy) is 1. The van der Waals surface area contributed by atoms with E-state index in [1.165, 1.54) is 43.9 Å². The predicted molar refractivity (Wildman–Crippen MR) is 190 cm³/mol. The number of carboxylic acid groups (broad SMARTS) is 1. The summed E-state index contributed by atoms with van der Waals surface area (Å²) in [5.41, 5.74) is 3.35. The van der Waals surface area contributed by atoms with Crippen LogP contribution in [0, 0.1) is 0 Å². The molecule has 10 heteroatoms. The standard InChI is InChI=1S/C38H46N4O5S/c1-6-7-8-9-10-21-47-30-17-15-27(16-18-30)29-23-39-34(40-24-29)28-13-11-26(12-14-28)22-31(35(43)41-25(2)37(45)46)42-36(44)32-19-20-33(48-32)38(3,4)5/h11-20,23-25,31H,6-10,21-22H2,1-5H3,(H,41,43)(H,42,44)(H,45,46)/t25-,31-/m1/s1. The maximum Gasteiger partial charge on any atom is 0.325 e. The van der Waals surface area contributed by atoms with Crippen LogP contribution in [0.25, 0.3) is 22.5 Å². The third kappa shape index (κ3) is 10.5. The molecule has 9 nitrogen and oxygen atoms in total. The summed E-state index contributed by atoms with van der Waals surface area (Å²) in [6.45, 7) is 10.5. The highest BCUT2D eigenvalue weighted by Gasteiger charge is 2.26. The number of nitrogens with one attached hydrogen (secondary N) is 2. The van der Waals surface area contributed by atoms with Gasteiger partial charge in [0.05, 0.1) is 11.5 Å². The summed E-state index contributed by atoms with van der Waals surface area (Å²) in [4.78, 5) is 48.4. The number of aromatic nitrogens is 2. The van der Waals surface area contributed by atoms with Gasteiger partial charge in [-0.15, -0.1) is 11.3 Å². The molecule has 2 heterocycles. The molecule has 2 aromatic carbocycles. The number of rotatable bonds is 16. The van der Waals surface area contributed by atoms with Crippen LogP contribution in [0.2, 0.25) is 0 Å². The van der Waals surface area contributed by atoms with Gasteiger partial charge in [0.2, 0.25) is 5.91 Å². The third-order valence-electron chi connectivity index (χ3n) is 7.93. The van der Waals surface area contributed by atoms with E-state index in [1.54, 1.807) is 18.5 Å². The first-order valence-electron chi connectivity index (χ1n) is 16.5. The average Bonchev–Trinajstić information content (AvgIpc) is 3.59. The van der Waals surface area contributed by atoms with Crippen molar-refractivity contribution in [3.05, 3.63) is 88.4 Å². The zero-order valence-corrected chi connectivity index (χ0v) is 29.2. The van der Waals surface area contributed by atoms with Gasteiger partial charge < -0.3 is 20.5 Å². The second-order valence-corrected chi connectivity index (χ2v) is 14.1. The molecule has 0 aliphatic rings. The van der Waals surface area contributed by atoms with Crippen molar-refractivity contribution in [1.29, 1.82) is 0 Å². The Morgan fingerprint density at radius 2 is 1.48 bits per heavy atom. The first-order valence-corrected chi connectivity index (χ1v) is 17.3. The van der Waals surface area contributed by atoms with Crippen molar-refractivity contribution in [3.8, 4) is 28.3 Å². The molecule has 0 fully saturated rings. The minimum Gasteiger partial charge on any atom is -0.494 e. The van der Waals surface area contributed by atoms with Crippen molar-refractivity contribution >= 4 is 29.1 Å². The Morgan fingerprint density at radius 3 is 2.08 bits per heavy atom. The highest BCUT2D eigenvalue weighted by molar-refractivity contribution is 7.14. The van der Waals surface area contributed by atoms with Crippen LogP contribution in [-0.2, 0) is 21.4 Å². The molecule has 0 saturated carbocycles. The van der Waals surface area contributed by atoms with Crippen LogP contribution >= 0.6 is 11.3 Å². The van der Waals surface area contributed by atoms with Gasteiger partial charge in [-0.2, -0.15) is 0 Å². The number of carbonyl (C=O) groups excluding carboxylic acids is 2. The molecular formula is C38H46N4O5S. The van der Waals surface area contributed by atoms with Crippen LogP contribution in [0.3, 0.4) is 0 Å². The number of nitrogens with zero attached hydrogens (tertiary/aromatic N) is 2. The molecule has 254 valence electrons. The summed E-state index contributed by atoms with van der Waals surface area (Å²) in [6, 6.07) is 17.0. The van der Waals surface area contributed by atoms with Crippen molar-refractivity contribution in [2.24, 2.45) is 0 Å². The topological polar surface area (TPSA) is 131 Å². The molecule has 2 atom stereocenters. The molecule has 0 spiro atoms. The quantitative estimate of drug-likeness (QED) is 0.106. The van der Waals surface area contributed by atoms with Gasteiger partial charge in [-0.3, -0.25) is 14.4 Å². The maximum absolute atomic E-state index is 13.2. The van der Waals surface area contributed by atoms with Crippen molar-refractivity contribution < 1.29 is 24.2 Å². The molecule has 0 bridgehead atoms. The van der Waals surface area contributed by atoms with E-state index in [2.05, 4.69) is 48.3 Å². The number of carboxylic acids is 1. The van der Waals surface area contributed by atoms with Gasteiger partial charge in [0.15, 0.2) is 5.82 Å². The second-order valence-electron chi connectivity index (χ2n) is 13.0. The number of benzene rings is 2. The van der Waals surface area contributed by atoms with E-state index in [0.717, 1.165) is 45.9 Å². The van der Waals surface area contributed by atoms with Crippen molar-refractivity contribution in [2.45, 2.75) is 90.6 Å². The number of amides is 2. The Bertz CT molecular complexity index is 1640. The number of unbranched alkanes of at least 4 members (excludes halogenated alkanes) is 4. The lowest BCUT2D eigenvalue weighted by molar-refractivity contribution is -0.141. The van der Waals surface area contributed by atoms with Gasteiger partial charge in [-0.1, -0.05) is 89.8 Å². The molecule has 0 aliphatic heterocycles. The number of hydrogen-bond acceptors (Lipinski definition) is 7. The fourth-order valence-corrected chi connectivity index (χ4v) is 5.94. The fourth-order valence-electron chi connectivity index (χ4n) is 4.97. The molecule has 0 unspecified atom stereocenters. The van der Waals surface area contributed by atoms with Crippen molar-refractivity contribution in [2.75, 3.05) is 6.61 Å². The molecule has 48 heavy (non-hydrogen) atoms. The van der Waals surface area contributed by atoms with Gasteiger partial charge in [0.25, 0.3) is 5.91 Å². The van der Waals surface area contributed by atoms with E-state index in [1.807, 2.05) is 54.6 Å². The Balaban J connectivity index is 1.40. The summed E-state index contributed by atoms with van der Waals surface area (Å²) in [5.74, 6) is -0.715. The van der Waals surface area contributed by atoms with Gasteiger partial charge in [-0.05, 0) is 54.2 Å². The fraction of sp³-hybridized carbons (Fsp3) is 0.395. The normalized spacial score (nSPS) is 12.6. The lowest BCUT2D eigenvalue weighted by atomic mass is 9.95. The first kappa shape index (κ1) is 36.3. The lowest BCUT2D eigenvalue weighted by Crippen LogP contribution is -2.51. The van der Waals surface area contributed by atoms with Crippen LogP contribution in [0.1, 0.15) is 86.8 Å². The van der Waals surface area contributed by atoms with Gasteiger partial charge in [0.1, 0.15) is 17.8 Å². The minimum atomic E-state index is -1.16. The molecule has 2 amide bonds. The third-order valence-corrected chi connectivity index (χ3v) is 9.44. The van der Waals surface area contributed by atoms with Crippen molar-refractivity contribution in [3.63, 3.8) is 0 Å². The maximum atomic E-state index is 13.2. The lowest BCUT2D eigenvalue weighted by Gasteiger charge is -2.20. The van der Waals surface area contributed by atoms with E-state index >= 15 is 0 Å². The summed E-state index contributed by atoms with van der Waals surface area (Å²) < 4.78 is 5.88. The highest BCUT2D eigenvalue weighted by atomic mass is 32.1. The number of thiophene rings is 1. The summed E-state index contributed by atoms with van der Waals surface area (Å²) in [5, 5.41) is 14.6. The second kappa shape index (κ2) is 17.0. The zero-order valence-electron chi connectivity index (χ0n) is 28.4. The van der Waals surface area contributed by atoms with E-state index in [-0.39, 0.29) is 17.7 Å². The summed E-state index contributed by atoms with van der Waals surface area (Å²) in [7, 11) is 0. The highest BCUT2D eigenvalue weighted by Crippen LogP contribution is 2.29. The Hall–Kier alpha value is -4.57. The minimum absolute atomic E-state index is 0.115. The largest absolute Gasteiger partial charge is 0.494 e.